The van der Waals surface area contributed by atoms with Gasteiger partial charge in [0.25, 0.3) is 10.9 Å². The number of carbonyl (C=O) groups excluding carboxylic acids is 2. The summed E-state index contributed by atoms with van der Waals surface area (Å²) < 4.78 is 5.43. The maximum absolute atomic E-state index is 13.0. The van der Waals surface area contributed by atoms with Crippen LogP contribution in [0.2, 0.25) is 0 Å². The van der Waals surface area contributed by atoms with Gasteiger partial charge in [-0.3, -0.25) is 14.9 Å². The second-order valence-electron chi connectivity index (χ2n) is 7.17. The number of hydrogen-bond acceptors (Lipinski definition) is 6. The van der Waals surface area contributed by atoms with Crippen LogP contribution in [0.3, 0.4) is 0 Å². The van der Waals surface area contributed by atoms with E-state index in [-0.39, 0.29) is 23.4 Å². The number of nitrogens with zero attached hydrogens (tertiary/aromatic N) is 1. The fraction of sp³-hybridized carbons (Fsp3) is 0.167. The largest absolute Gasteiger partial charge is 0.458 e. The number of esters is 1. The Hall–Kier alpha value is -3.71. The lowest BCUT2D eigenvalue weighted by Gasteiger charge is -2.29. The summed E-state index contributed by atoms with van der Waals surface area (Å²) in [5.41, 5.74) is 2.47. The SMILES string of the molecule is CC1=C(C(=O)Cl)C(c2cccc([N+](=O)[O-])c2)C(C(=O)OCC=Cc2ccccc2)=C(C)N1. The molecule has 0 saturated carbocycles. The molecule has 164 valence electrons. The summed E-state index contributed by atoms with van der Waals surface area (Å²) in [7, 11) is 0. The number of nitrogens with one attached hydrogen (secondary N) is 1. The van der Waals surface area contributed by atoms with Crippen molar-refractivity contribution in [1.82, 2.24) is 5.32 Å². The Morgan fingerprint density at radius 3 is 2.44 bits per heavy atom. The van der Waals surface area contributed by atoms with Crippen LogP contribution in [-0.4, -0.2) is 22.7 Å². The number of halogens is 1. The highest BCUT2D eigenvalue weighted by Crippen LogP contribution is 2.40. The summed E-state index contributed by atoms with van der Waals surface area (Å²) in [5.74, 6) is -1.54. The van der Waals surface area contributed by atoms with E-state index in [1.165, 1.54) is 18.2 Å². The minimum Gasteiger partial charge on any atom is -0.458 e. The van der Waals surface area contributed by atoms with Crippen LogP contribution < -0.4 is 5.32 Å². The van der Waals surface area contributed by atoms with Crippen LogP contribution in [-0.2, 0) is 14.3 Å². The quantitative estimate of drug-likeness (QED) is 0.279. The van der Waals surface area contributed by atoms with Gasteiger partial charge in [-0.25, -0.2) is 4.79 Å². The van der Waals surface area contributed by atoms with Crippen LogP contribution in [0.15, 0.2) is 83.2 Å². The first-order chi connectivity index (χ1) is 15.3. The van der Waals surface area contributed by atoms with E-state index in [0.717, 1.165) is 5.56 Å². The summed E-state index contributed by atoms with van der Waals surface area (Å²) in [6.07, 6.45) is 3.53. The van der Waals surface area contributed by atoms with Crippen LogP contribution >= 0.6 is 11.6 Å². The van der Waals surface area contributed by atoms with Crippen molar-refractivity contribution in [2.24, 2.45) is 0 Å². The second-order valence-corrected chi connectivity index (χ2v) is 7.52. The number of dihydropyridines is 1. The van der Waals surface area contributed by atoms with Gasteiger partial charge in [-0.15, -0.1) is 0 Å². The summed E-state index contributed by atoms with van der Waals surface area (Å²) in [6, 6.07) is 15.3. The number of non-ortho nitro benzene ring substituents is 1. The number of nitro benzene ring substituents is 1. The number of allylic oxidation sites excluding steroid dienone is 3. The van der Waals surface area contributed by atoms with Crippen LogP contribution in [0, 0.1) is 10.1 Å². The lowest BCUT2D eigenvalue weighted by atomic mass is 9.81. The predicted octanol–water partition coefficient (Wildman–Crippen LogP) is 4.85. The Morgan fingerprint density at radius 1 is 1.09 bits per heavy atom. The van der Waals surface area contributed by atoms with E-state index in [9.17, 15) is 19.7 Å². The minimum absolute atomic E-state index is 0.0129. The molecule has 1 aliphatic heterocycles. The standard InChI is InChI=1S/C24H21ClN2O5/c1-15-20(23(25)28)22(18-11-6-12-19(14-18)27(30)31)21(16(2)26-15)24(29)32-13-7-10-17-8-4-3-5-9-17/h3-12,14,22,26H,13H2,1-2H3. The van der Waals surface area contributed by atoms with Gasteiger partial charge < -0.3 is 10.1 Å². The lowest BCUT2D eigenvalue weighted by molar-refractivity contribution is -0.384. The van der Waals surface area contributed by atoms with Gasteiger partial charge in [-0.2, -0.15) is 0 Å². The predicted molar refractivity (Wildman–Crippen MR) is 122 cm³/mol. The van der Waals surface area contributed by atoms with E-state index in [1.807, 2.05) is 36.4 Å². The third-order valence-electron chi connectivity index (χ3n) is 5.03. The molecule has 2 aromatic carbocycles. The van der Waals surface area contributed by atoms with Crippen molar-refractivity contribution in [2.45, 2.75) is 19.8 Å². The van der Waals surface area contributed by atoms with Crippen molar-refractivity contribution in [1.29, 1.82) is 0 Å². The van der Waals surface area contributed by atoms with E-state index >= 15 is 0 Å². The Bertz CT molecular complexity index is 1150. The zero-order chi connectivity index (χ0) is 23.3. The minimum atomic E-state index is -0.897. The van der Waals surface area contributed by atoms with E-state index in [1.54, 1.807) is 26.0 Å². The monoisotopic (exact) mass is 452 g/mol. The zero-order valence-corrected chi connectivity index (χ0v) is 18.3. The van der Waals surface area contributed by atoms with E-state index in [2.05, 4.69) is 5.32 Å². The Labute approximate surface area is 190 Å². The third kappa shape index (κ3) is 5.12. The van der Waals surface area contributed by atoms with Crippen LogP contribution in [0.4, 0.5) is 5.69 Å². The Kier molecular flexibility index (Phi) is 7.22. The molecule has 0 bridgehead atoms. The zero-order valence-electron chi connectivity index (χ0n) is 17.5. The Morgan fingerprint density at radius 2 is 1.78 bits per heavy atom. The van der Waals surface area contributed by atoms with Crippen molar-refractivity contribution < 1.29 is 19.2 Å². The summed E-state index contributed by atoms with van der Waals surface area (Å²) in [4.78, 5) is 36.0. The van der Waals surface area contributed by atoms with Crippen LogP contribution in [0.5, 0.6) is 0 Å². The fourth-order valence-corrected chi connectivity index (χ4v) is 3.88. The van der Waals surface area contributed by atoms with Crippen molar-refractivity contribution in [3.8, 4) is 0 Å². The highest BCUT2D eigenvalue weighted by molar-refractivity contribution is 6.68. The van der Waals surface area contributed by atoms with Gasteiger partial charge in [-0.1, -0.05) is 48.5 Å². The maximum Gasteiger partial charge on any atom is 0.337 e. The highest BCUT2D eigenvalue weighted by Gasteiger charge is 2.37. The van der Waals surface area contributed by atoms with Crippen molar-refractivity contribution in [3.63, 3.8) is 0 Å². The van der Waals surface area contributed by atoms with Gasteiger partial charge in [0.05, 0.1) is 10.5 Å². The van der Waals surface area contributed by atoms with Gasteiger partial charge in [0.1, 0.15) is 6.61 Å². The fourth-order valence-electron chi connectivity index (χ4n) is 3.63. The molecule has 0 fully saturated rings. The molecule has 1 aliphatic rings. The Balaban J connectivity index is 1.92. The number of carbonyl (C=O) groups is 2. The number of nitro groups is 1. The maximum atomic E-state index is 13.0. The molecule has 3 rings (SSSR count). The molecule has 8 heteroatoms. The number of rotatable bonds is 7. The molecular weight excluding hydrogens is 432 g/mol. The average Bonchev–Trinajstić information content (AvgIpc) is 2.76. The highest BCUT2D eigenvalue weighted by atomic mass is 35.5. The molecular formula is C24H21ClN2O5. The van der Waals surface area contributed by atoms with Gasteiger partial charge in [0.15, 0.2) is 0 Å². The normalized spacial score (nSPS) is 16.2. The molecule has 0 radical (unpaired) electrons. The molecule has 0 aromatic heterocycles. The first-order valence-electron chi connectivity index (χ1n) is 9.81. The molecule has 1 N–H and O–H groups in total. The van der Waals surface area contributed by atoms with Gasteiger partial charge >= 0.3 is 5.97 Å². The molecule has 7 nitrogen and oxygen atoms in total. The molecule has 1 heterocycles. The van der Waals surface area contributed by atoms with Gasteiger partial charge in [-0.05, 0) is 42.7 Å². The van der Waals surface area contributed by atoms with Crippen molar-refractivity contribution >= 4 is 34.6 Å². The molecule has 2 aromatic rings. The van der Waals surface area contributed by atoms with Crippen molar-refractivity contribution in [2.75, 3.05) is 6.61 Å². The van der Waals surface area contributed by atoms with Gasteiger partial charge in [0, 0.05) is 35.0 Å². The van der Waals surface area contributed by atoms with E-state index in [0.29, 0.717) is 17.0 Å². The first-order valence-corrected chi connectivity index (χ1v) is 10.2. The molecule has 0 amide bonds. The topological polar surface area (TPSA) is 98.5 Å². The molecule has 0 saturated heterocycles. The van der Waals surface area contributed by atoms with Crippen LogP contribution in [0.1, 0.15) is 30.9 Å². The van der Waals surface area contributed by atoms with Crippen LogP contribution in [0.25, 0.3) is 6.08 Å². The number of benzene rings is 2. The molecule has 0 aliphatic carbocycles. The van der Waals surface area contributed by atoms with Crippen molar-refractivity contribution in [3.05, 3.63) is 104 Å². The number of hydrogen-bond donors (Lipinski definition) is 1. The summed E-state index contributed by atoms with van der Waals surface area (Å²) in [5, 5.41) is 13.5. The molecule has 32 heavy (non-hydrogen) atoms. The molecule has 0 spiro atoms. The average molecular weight is 453 g/mol. The van der Waals surface area contributed by atoms with E-state index in [4.69, 9.17) is 16.3 Å². The summed E-state index contributed by atoms with van der Waals surface area (Å²) in [6.45, 7) is 3.35. The number of ether oxygens (including phenoxy) is 1. The summed E-state index contributed by atoms with van der Waals surface area (Å²) >= 11 is 5.85. The second kappa shape index (κ2) is 10.1. The molecule has 1 unspecified atom stereocenters. The first kappa shape index (κ1) is 23.0. The molecule has 1 atom stereocenters. The van der Waals surface area contributed by atoms with Gasteiger partial charge in [0.2, 0.25) is 0 Å². The van der Waals surface area contributed by atoms with E-state index < -0.39 is 22.1 Å². The lowest BCUT2D eigenvalue weighted by Crippen LogP contribution is -2.31. The third-order valence-corrected chi connectivity index (χ3v) is 5.23. The smallest absolute Gasteiger partial charge is 0.337 e.